The Hall–Kier alpha value is -4.19. The van der Waals surface area contributed by atoms with E-state index < -0.39 is 30.2 Å². The number of ether oxygens (including phenoxy) is 1. The Morgan fingerprint density at radius 1 is 1.08 bits per heavy atom. The molecule has 0 unspecified atom stereocenters. The summed E-state index contributed by atoms with van der Waals surface area (Å²) < 4.78 is 44.7. The van der Waals surface area contributed by atoms with Gasteiger partial charge >= 0.3 is 6.18 Å². The Labute approximate surface area is 230 Å². The zero-order valence-corrected chi connectivity index (χ0v) is 21.8. The smallest absolute Gasteiger partial charge is 0.416 e. The summed E-state index contributed by atoms with van der Waals surface area (Å²) in [4.78, 5) is 38.5. The fraction of sp³-hybridized carbons (Fsp3) is 0.185. The number of hydrogen-bond acceptors (Lipinski definition) is 5. The normalized spacial score (nSPS) is 15.4. The molecule has 1 fully saturated rings. The molecule has 3 aromatic rings. The van der Waals surface area contributed by atoms with Gasteiger partial charge in [0.1, 0.15) is 5.75 Å². The number of nitrogens with one attached hydrogen (secondary N) is 2. The van der Waals surface area contributed by atoms with Gasteiger partial charge in [0, 0.05) is 28.8 Å². The maximum absolute atomic E-state index is 12.8. The van der Waals surface area contributed by atoms with Crippen LogP contribution in [0.15, 0.2) is 82.4 Å². The lowest BCUT2D eigenvalue weighted by atomic mass is 10.1. The average Bonchev–Trinajstić information content (AvgIpc) is 3.30. The van der Waals surface area contributed by atoms with Gasteiger partial charge in [0.05, 0.1) is 17.7 Å². The molecular formula is C27H22BrF3N4O4. The lowest BCUT2D eigenvalue weighted by Gasteiger charge is -2.16. The molecule has 1 heterocycles. The van der Waals surface area contributed by atoms with Crippen molar-refractivity contribution in [2.24, 2.45) is 11.0 Å². The van der Waals surface area contributed by atoms with Crippen LogP contribution in [-0.2, 0) is 20.6 Å². The summed E-state index contributed by atoms with van der Waals surface area (Å²) >= 11 is 3.35. The SMILES string of the molecule is O=C(COc1ccc(/C=N\NC(=O)[C@H]2CC(=O)N(c3ccc(Br)cc3)C2)cc1)Nc1cccc(C(F)(F)F)c1. The molecule has 1 aliphatic heterocycles. The van der Waals surface area contributed by atoms with Gasteiger partial charge in [-0.25, -0.2) is 5.43 Å². The molecule has 0 aliphatic carbocycles. The van der Waals surface area contributed by atoms with Crippen molar-refractivity contribution < 1.29 is 32.3 Å². The third kappa shape index (κ3) is 7.66. The molecule has 4 rings (SSSR count). The van der Waals surface area contributed by atoms with Gasteiger partial charge < -0.3 is 15.0 Å². The minimum atomic E-state index is -4.51. The molecule has 0 radical (unpaired) electrons. The van der Waals surface area contributed by atoms with Crippen LogP contribution in [0.25, 0.3) is 0 Å². The highest BCUT2D eigenvalue weighted by atomic mass is 79.9. The highest BCUT2D eigenvalue weighted by Gasteiger charge is 2.35. The van der Waals surface area contributed by atoms with E-state index in [0.717, 1.165) is 22.3 Å². The topological polar surface area (TPSA) is 100 Å². The molecule has 3 amide bonds. The molecule has 39 heavy (non-hydrogen) atoms. The van der Waals surface area contributed by atoms with Gasteiger partial charge in [0.15, 0.2) is 6.61 Å². The first kappa shape index (κ1) is 27.8. The van der Waals surface area contributed by atoms with Crippen LogP contribution >= 0.6 is 15.9 Å². The Kier molecular flexibility index (Phi) is 8.65. The standard InChI is InChI=1S/C27H22BrF3N4O4/c28-20-6-8-22(9-7-20)35-15-18(12-25(35)37)26(38)34-32-14-17-4-10-23(11-5-17)39-16-24(36)33-21-3-1-2-19(13-21)27(29,30)31/h1-11,13-14,18H,12,15-16H2,(H,33,36)(H,34,38)/b32-14-/t18-/m0/s1. The number of nitrogens with zero attached hydrogens (tertiary/aromatic N) is 2. The summed E-state index contributed by atoms with van der Waals surface area (Å²) in [5.41, 5.74) is 2.95. The maximum atomic E-state index is 12.8. The molecule has 2 N–H and O–H groups in total. The average molecular weight is 603 g/mol. The van der Waals surface area contributed by atoms with E-state index in [1.54, 1.807) is 41.3 Å². The number of hydrazone groups is 1. The molecule has 0 spiro atoms. The quantitative estimate of drug-likeness (QED) is 0.280. The summed E-state index contributed by atoms with van der Waals surface area (Å²) in [6.07, 6.45) is -3.00. The Bertz CT molecular complexity index is 1380. The van der Waals surface area contributed by atoms with E-state index in [1.165, 1.54) is 18.3 Å². The molecule has 202 valence electrons. The number of carbonyl (C=O) groups is 3. The van der Waals surface area contributed by atoms with E-state index in [1.807, 2.05) is 12.1 Å². The van der Waals surface area contributed by atoms with E-state index in [0.29, 0.717) is 11.3 Å². The molecular weight excluding hydrogens is 581 g/mol. The number of rotatable bonds is 8. The summed E-state index contributed by atoms with van der Waals surface area (Å²) in [7, 11) is 0. The number of carbonyl (C=O) groups excluding carboxylic acids is 3. The van der Waals surface area contributed by atoms with Crippen LogP contribution in [0.4, 0.5) is 24.5 Å². The van der Waals surface area contributed by atoms with Crippen LogP contribution in [0.5, 0.6) is 5.75 Å². The van der Waals surface area contributed by atoms with E-state index in [4.69, 9.17) is 4.74 Å². The fourth-order valence-electron chi connectivity index (χ4n) is 3.78. The van der Waals surface area contributed by atoms with Crippen molar-refractivity contribution in [2.75, 3.05) is 23.4 Å². The van der Waals surface area contributed by atoms with Crippen LogP contribution < -0.4 is 20.4 Å². The van der Waals surface area contributed by atoms with Crippen LogP contribution in [0.2, 0.25) is 0 Å². The van der Waals surface area contributed by atoms with Gasteiger partial charge in [0.25, 0.3) is 5.91 Å². The highest BCUT2D eigenvalue weighted by Crippen LogP contribution is 2.30. The van der Waals surface area contributed by atoms with Gasteiger partial charge in [-0.2, -0.15) is 18.3 Å². The number of anilines is 2. The van der Waals surface area contributed by atoms with Crippen LogP contribution in [-0.4, -0.2) is 37.1 Å². The predicted molar refractivity (Wildman–Crippen MR) is 142 cm³/mol. The van der Waals surface area contributed by atoms with E-state index in [9.17, 15) is 27.6 Å². The van der Waals surface area contributed by atoms with Crippen molar-refractivity contribution in [3.8, 4) is 5.75 Å². The van der Waals surface area contributed by atoms with E-state index in [2.05, 4.69) is 31.8 Å². The summed E-state index contributed by atoms with van der Waals surface area (Å²) in [6, 6.07) is 18.0. The monoisotopic (exact) mass is 602 g/mol. The van der Waals surface area contributed by atoms with Crippen molar-refractivity contribution in [2.45, 2.75) is 12.6 Å². The molecule has 0 saturated carbocycles. The minimum Gasteiger partial charge on any atom is -0.484 e. The van der Waals surface area contributed by atoms with Crippen LogP contribution in [0.1, 0.15) is 17.5 Å². The highest BCUT2D eigenvalue weighted by molar-refractivity contribution is 9.10. The van der Waals surface area contributed by atoms with Gasteiger partial charge in [-0.05, 0) is 72.3 Å². The fourth-order valence-corrected chi connectivity index (χ4v) is 4.05. The van der Waals surface area contributed by atoms with Crippen molar-refractivity contribution in [3.63, 3.8) is 0 Å². The number of halogens is 4. The number of alkyl halides is 3. The first-order valence-corrected chi connectivity index (χ1v) is 12.5. The Balaban J connectivity index is 1.22. The number of amides is 3. The minimum absolute atomic E-state index is 0.00928. The van der Waals surface area contributed by atoms with E-state index in [-0.39, 0.29) is 30.5 Å². The van der Waals surface area contributed by atoms with Crippen molar-refractivity contribution in [1.82, 2.24) is 5.43 Å². The molecule has 8 nitrogen and oxygen atoms in total. The van der Waals surface area contributed by atoms with Gasteiger partial charge in [-0.3, -0.25) is 14.4 Å². The van der Waals surface area contributed by atoms with Gasteiger partial charge in [0.2, 0.25) is 11.8 Å². The molecule has 1 atom stereocenters. The van der Waals surface area contributed by atoms with E-state index >= 15 is 0 Å². The zero-order valence-electron chi connectivity index (χ0n) is 20.2. The summed E-state index contributed by atoms with van der Waals surface area (Å²) in [6.45, 7) is -0.147. The van der Waals surface area contributed by atoms with Crippen LogP contribution in [0.3, 0.4) is 0 Å². The maximum Gasteiger partial charge on any atom is 0.416 e. The zero-order chi connectivity index (χ0) is 28.0. The van der Waals surface area contributed by atoms with Crippen molar-refractivity contribution >= 4 is 51.2 Å². The molecule has 12 heteroatoms. The molecule has 3 aromatic carbocycles. The predicted octanol–water partition coefficient (Wildman–Crippen LogP) is 4.99. The summed E-state index contributed by atoms with van der Waals surface area (Å²) in [5, 5.41) is 6.31. The third-order valence-electron chi connectivity index (χ3n) is 5.75. The lowest BCUT2D eigenvalue weighted by molar-refractivity contribution is -0.137. The Morgan fingerprint density at radius 3 is 2.49 bits per heavy atom. The molecule has 0 aromatic heterocycles. The summed E-state index contributed by atoms with van der Waals surface area (Å²) in [5.74, 6) is -1.30. The number of hydrogen-bond donors (Lipinski definition) is 2. The van der Waals surface area contributed by atoms with Gasteiger partial charge in [-0.15, -0.1) is 0 Å². The van der Waals surface area contributed by atoms with Crippen LogP contribution in [0, 0.1) is 5.92 Å². The first-order chi connectivity index (χ1) is 18.6. The van der Waals surface area contributed by atoms with Gasteiger partial charge in [-0.1, -0.05) is 22.0 Å². The second-order valence-electron chi connectivity index (χ2n) is 8.60. The first-order valence-electron chi connectivity index (χ1n) is 11.7. The van der Waals surface area contributed by atoms with Crippen molar-refractivity contribution in [3.05, 3.63) is 88.4 Å². The third-order valence-corrected chi connectivity index (χ3v) is 6.27. The lowest BCUT2D eigenvalue weighted by Crippen LogP contribution is -2.30. The molecule has 1 aliphatic rings. The second-order valence-corrected chi connectivity index (χ2v) is 9.52. The molecule has 0 bridgehead atoms. The largest absolute Gasteiger partial charge is 0.484 e. The second kappa shape index (κ2) is 12.1. The Morgan fingerprint density at radius 2 is 1.79 bits per heavy atom. The molecule has 1 saturated heterocycles. The van der Waals surface area contributed by atoms with Crippen molar-refractivity contribution in [1.29, 1.82) is 0 Å². The number of benzene rings is 3.